The van der Waals surface area contributed by atoms with Crippen molar-refractivity contribution in [1.29, 1.82) is 0 Å². The van der Waals surface area contributed by atoms with Crippen molar-refractivity contribution in [1.82, 2.24) is 4.98 Å². The molecule has 0 fully saturated rings. The second kappa shape index (κ2) is 3.87. The summed E-state index contributed by atoms with van der Waals surface area (Å²) in [5.74, 6) is 0.504. The summed E-state index contributed by atoms with van der Waals surface area (Å²) in [4.78, 5) is 14.8. The van der Waals surface area contributed by atoms with Crippen LogP contribution in [0.25, 0.3) is 0 Å². The van der Waals surface area contributed by atoms with Crippen molar-refractivity contribution in [3.63, 3.8) is 0 Å². The molecule has 0 spiro atoms. The van der Waals surface area contributed by atoms with Crippen LogP contribution in [0.3, 0.4) is 0 Å². The average molecular weight is 184 g/mol. The minimum absolute atomic E-state index is 0.504. The first-order valence-electron chi connectivity index (χ1n) is 3.23. The number of ether oxygens (including phenoxy) is 1. The maximum atomic E-state index is 10.8. The Labute approximate surface area is 73.9 Å². The lowest BCUT2D eigenvalue weighted by Gasteiger charge is -1.97. The lowest BCUT2D eigenvalue weighted by molar-refractivity contribution is 0.201. The van der Waals surface area contributed by atoms with E-state index in [4.69, 9.17) is 0 Å². The molecule has 0 saturated heterocycles. The number of hydrogen-bond acceptors (Lipinski definition) is 4. The van der Waals surface area contributed by atoms with Gasteiger partial charge in [-0.3, -0.25) is 5.32 Å². The summed E-state index contributed by atoms with van der Waals surface area (Å²) in [6.07, 6.45) is 0.490. The molecule has 0 aliphatic carbocycles. The molecule has 12 heavy (non-hydrogen) atoms. The van der Waals surface area contributed by atoms with Crippen molar-refractivity contribution < 1.29 is 9.53 Å². The van der Waals surface area contributed by atoms with E-state index in [2.05, 4.69) is 21.6 Å². The van der Waals surface area contributed by atoms with Gasteiger partial charge in [-0.2, -0.15) is 0 Å². The van der Waals surface area contributed by atoms with Crippen molar-refractivity contribution in [2.45, 2.75) is 6.92 Å². The van der Waals surface area contributed by atoms with E-state index >= 15 is 0 Å². The summed E-state index contributed by atoms with van der Waals surface area (Å²) < 4.78 is 4.43. The Bertz CT molecular complexity index is 295. The number of nitrogens with zero attached hydrogens (tertiary/aromatic N) is 1. The Morgan fingerprint density at radius 3 is 3.17 bits per heavy atom. The molecule has 0 saturated carbocycles. The van der Waals surface area contributed by atoms with Gasteiger partial charge in [-0.25, -0.2) is 9.78 Å². The van der Waals surface area contributed by atoms with Crippen molar-refractivity contribution in [3.05, 3.63) is 23.2 Å². The van der Waals surface area contributed by atoms with Crippen LogP contribution in [0.1, 0.15) is 5.01 Å². The van der Waals surface area contributed by atoms with Gasteiger partial charge in [0.25, 0.3) is 0 Å². The molecule has 1 amide bonds. The van der Waals surface area contributed by atoms with Crippen LogP contribution in [-0.4, -0.2) is 11.1 Å². The van der Waals surface area contributed by atoms with Crippen molar-refractivity contribution in [2.24, 2.45) is 0 Å². The van der Waals surface area contributed by atoms with Gasteiger partial charge in [-0.15, -0.1) is 11.3 Å². The maximum absolute atomic E-state index is 10.8. The van der Waals surface area contributed by atoms with E-state index in [0.29, 0.717) is 5.82 Å². The number of anilines is 1. The number of aromatic nitrogens is 1. The molecule has 1 aromatic heterocycles. The van der Waals surface area contributed by atoms with Gasteiger partial charge in [0.2, 0.25) is 0 Å². The molecule has 0 bridgehead atoms. The minimum atomic E-state index is -0.574. The number of aryl methyl sites for hydroxylation is 1. The normalized spacial score (nSPS) is 9.08. The Kier molecular flexibility index (Phi) is 2.82. The van der Waals surface area contributed by atoms with Crippen LogP contribution in [0.5, 0.6) is 0 Å². The summed E-state index contributed by atoms with van der Waals surface area (Å²) in [6, 6.07) is 0. The van der Waals surface area contributed by atoms with E-state index in [0.717, 1.165) is 11.3 Å². The van der Waals surface area contributed by atoms with Crippen LogP contribution in [0.2, 0.25) is 0 Å². The zero-order valence-electron chi connectivity index (χ0n) is 6.53. The molecule has 1 N–H and O–H groups in total. The lowest BCUT2D eigenvalue weighted by atomic mass is 10.7. The Morgan fingerprint density at radius 1 is 1.92 bits per heavy atom. The van der Waals surface area contributed by atoms with Crippen molar-refractivity contribution in [2.75, 3.05) is 5.32 Å². The molecule has 0 aliphatic heterocycles. The first kappa shape index (κ1) is 8.73. The first-order valence-corrected chi connectivity index (χ1v) is 4.11. The maximum Gasteiger partial charge on any atom is 0.417 e. The minimum Gasteiger partial charge on any atom is -0.419 e. The number of carbonyl (C=O) groups is 1. The number of amides is 1. The smallest absolute Gasteiger partial charge is 0.417 e. The van der Waals surface area contributed by atoms with E-state index in [9.17, 15) is 4.79 Å². The standard InChI is InChI=1S/C7H8N2O2S/c1-3-11-7(10)9-6-4-12-5(2)8-6/h3-4H,1H2,2H3,(H,9,10). The Morgan fingerprint density at radius 2 is 2.67 bits per heavy atom. The Balaban J connectivity index is 2.52. The molecule has 0 atom stereocenters. The van der Waals surface area contributed by atoms with E-state index in [1.807, 2.05) is 6.92 Å². The number of thiazole rings is 1. The number of rotatable bonds is 2. The predicted octanol–water partition coefficient (Wildman–Crippen LogP) is 2.14. The van der Waals surface area contributed by atoms with E-state index in [-0.39, 0.29) is 0 Å². The fourth-order valence-corrected chi connectivity index (χ4v) is 1.18. The molecule has 64 valence electrons. The van der Waals surface area contributed by atoms with Gasteiger partial charge in [0.1, 0.15) is 5.82 Å². The SMILES string of the molecule is C=COC(=O)Nc1csc(C)n1. The van der Waals surface area contributed by atoms with E-state index in [1.165, 1.54) is 11.3 Å². The highest BCUT2D eigenvalue weighted by Crippen LogP contribution is 2.12. The summed E-state index contributed by atoms with van der Waals surface area (Å²) in [7, 11) is 0. The number of hydrogen-bond donors (Lipinski definition) is 1. The van der Waals surface area contributed by atoms with Gasteiger partial charge < -0.3 is 4.74 Å². The molecule has 1 aromatic rings. The molecule has 1 rings (SSSR count). The summed E-state index contributed by atoms with van der Waals surface area (Å²) in [6.45, 7) is 5.10. The topological polar surface area (TPSA) is 51.2 Å². The average Bonchev–Trinajstić information content (AvgIpc) is 2.36. The van der Waals surface area contributed by atoms with Crippen LogP contribution in [0.4, 0.5) is 10.6 Å². The van der Waals surface area contributed by atoms with Crippen LogP contribution < -0.4 is 5.32 Å². The predicted molar refractivity (Wildman–Crippen MR) is 47.2 cm³/mol. The highest BCUT2D eigenvalue weighted by atomic mass is 32.1. The molecular formula is C7H8N2O2S. The van der Waals surface area contributed by atoms with Crippen LogP contribution in [0.15, 0.2) is 18.2 Å². The zero-order chi connectivity index (χ0) is 8.97. The molecular weight excluding hydrogens is 176 g/mol. The molecule has 0 aromatic carbocycles. The molecule has 0 unspecified atom stereocenters. The Hall–Kier alpha value is -1.36. The largest absolute Gasteiger partial charge is 0.419 e. The monoisotopic (exact) mass is 184 g/mol. The third kappa shape index (κ3) is 2.35. The highest BCUT2D eigenvalue weighted by molar-refractivity contribution is 7.09. The molecule has 4 nitrogen and oxygen atoms in total. The van der Waals surface area contributed by atoms with Crippen molar-refractivity contribution >= 4 is 23.2 Å². The van der Waals surface area contributed by atoms with Crippen LogP contribution in [-0.2, 0) is 4.74 Å². The van der Waals surface area contributed by atoms with E-state index < -0.39 is 6.09 Å². The van der Waals surface area contributed by atoms with Crippen molar-refractivity contribution in [3.8, 4) is 0 Å². The summed E-state index contributed by atoms with van der Waals surface area (Å²) in [5.41, 5.74) is 0. The van der Waals surface area contributed by atoms with Gasteiger partial charge in [-0.1, -0.05) is 6.58 Å². The molecule has 0 aliphatic rings. The molecule has 5 heteroatoms. The van der Waals surface area contributed by atoms with Crippen LogP contribution in [0, 0.1) is 6.92 Å². The van der Waals surface area contributed by atoms with Gasteiger partial charge >= 0.3 is 6.09 Å². The summed E-state index contributed by atoms with van der Waals surface area (Å²) >= 11 is 1.46. The van der Waals surface area contributed by atoms with Crippen LogP contribution >= 0.6 is 11.3 Å². The van der Waals surface area contributed by atoms with Gasteiger partial charge in [-0.05, 0) is 6.92 Å². The fourth-order valence-electron chi connectivity index (χ4n) is 0.631. The third-order valence-electron chi connectivity index (χ3n) is 1.04. The number of nitrogens with one attached hydrogen (secondary N) is 1. The fraction of sp³-hybridized carbons (Fsp3) is 0.143. The lowest BCUT2D eigenvalue weighted by Crippen LogP contribution is -2.10. The third-order valence-corrected chi connectivity index (χ3v) is 1.81. The quantitative estimate of drug-likeness (QED) is 0.716. The second-order valence-electron chi connectivity index (χ2n) is 1.95. The van der Waals surface area contributed by atoms with Gasteiger partial charge in [0.05, 0.1) is 11.3 Å². The second-order valence-corrected chi connectivity index (χ2v) is 3.01. The summed E-state index contributed by atoms with van der Waals surface area (Å²) in [5, 5.41) is 5.06. The molecule has 0 radical (unpaired) electrons. The zero-order valence-corrected chi connectivity index (χ0v) is 7.35. The van der Waals surface area contributed by atoms with Gasteiger partial charge in [0.15, 0.2) is 0 Å². The molecule has 1 heterocycles. The van der Waals surface area contributed by atoms with E-state index in [1.54, 1.807) is 5.38 Å². The number of carbonyl (C=O) groups excluding carboxylic acids is 1. The first-order chi connectivity index (χ1) is 5.72. The van der Waals surface area contributed by atoms with Gasteiger partial charge in [0, 0.05) is 5.38 Å². The highest BCUT2D eigenvalue weighted by Gasteiger charge is 2.02.